The molecule has 0 saturated carbocycles. The van der Waals surface area contributed by atoms with Gasteiger partial charge in [-0.25, -0.2) is 4.39 Å². The summed E-state index contributed by atoms with van der Waals surface area (Å²) in [6.07, 6.45) is 2.06. The minimum Gasteiger partial charge on any atom is -0.350 e. The minimum atomic E-state index is -0.104. The van der Waals surface area contributed by atoms with Crippen molar-refractivity contribution in [1.29, 1.82) is 0 Å². The van der Waals surface area contributed by atoms with Gasteiger partial charge in [-0.05, 0) is 34.1 Å². The summed E-state index contributed by atoms with van der Waals surface area (Å²) in [5.74, 6) is -0.104. The highest BCUT2D eigenvalue weighted by molar-refractivity contribution is 5.86. The molecule has 1 heterocycles. The first-order valence-corrected chi connectivity index (χ1v) is 6.81. The fraction of sp³-hybridized carbons (Fsp3) is 0.529. The molecule has 19 heavy (non-hydrogen) atoms. The highest BCUT2D eigenvalue weighted by atomic mass is 19.1. The Hall–Kier alpha value is -1.31. The van der Waals surface area contributed by atoms with Gasteiger partial charge in [-0.2, -0.15) is 0 Å². The molecule has 1 aromatic heterocycles. The van der Waals surface area contributed by atoms with Gasteiger partial charge >= 0.3 is 0 Å². The maximum Gasteiger partial charge on any atom is 0.133 e. The highest BCUT2D eigenvalue weighted by Gasteiger charge is 2.24. The molecular weight excluding hydrogens is 237 g/mol. The van der Waals surface area contributed by atoms with Crippen molar-refractivity contribution in [3.63, 3.8) is 0 Å². The first-order valence-electron chi connectivity index (χ1n) is 6.81. The number of nitrogens with zero attached hydrogens (tertiary/aromatic N) is 1. The zero-order valence-corrected chi connectivity index (χ0v) is 13.1. The van der Waals surface area contributed by atoms with Crippen molar-refractivity contribution in [3.8, 4) is 0 Å². The molecule has 0 atom stereocenters. The molecule has 2 aromatic rings. The predicted octanol–water partition coefficient (Wildman–Crippen LogP) is 4.91. The molecule has 0 unspecified atom stereocenters. The molecule has 0 N–H and O–H groups in total. The van der Waals surface area contributed by atoms with Crippen LogP contribution < -0.4 is 0 Å². The first kappa shape index (κ1) is 14.1. The molecule has 0 aliphatic carbocycles. The zero-order chi connectivity index (χ0) is 14.6. The van der Waals surface area contributed by atoms with E-state index in [4.69, 9.17) is 0 Å². The van der Waals surface area contributed by atoms with Gasteiger partial charge in [-0.15, -0.1) is 0 Å². The third-order valence-corrected chi connectivity index (χ3v) is 3.72. The Morgan fingerprint density at radius 3 is 2.00 bits per heavy atom. The summed E-state index contributed by atoms with van der Waals surface area (Å²) in [5, 5.41) is 0.767. The van der Waals surface area contributed by atoms with Crippen LogP contribution >= 0.6 is 0 Å². The van der Waals surface area contributed by atoms with E-state index in [1.165, 1.54) is 0 Å². The van der Waals surface area contributed by atoms with E-state index in [0.717, 1.165) is 22.0 Å². The van der Waals surface area contributed by atoms with E-state index < -0.39 is 0 Å². The molecule has 1 nitrogen and oxygen atoms in total. The Labute approximate surface area is 115 Å². The SMILES string of the molecule is Cn1cc(C(C)(C)C)c2c(F)cc(C(C)(C)C)cc21. The molecule has 2 heteroatoms. The molecule has 0 spiro atoms. The van der Waals surface area contributed by atoms with Crippen LogP contribution in [0.25, 0.3) is 10.9 Å². The molecule has 0 aliphatic heterocycles. The summed E-state index contributed by atoms with van der Waals surface area (Å²) in [4.78, 5) is 0. The minimum absolute atomic E-state index is 0.0405. The van der Waals surface area contributed by atoms with Crippen molar-refractivity contribution in [2.45, 2.75) is 52.4 Å². The van der Waals surface area contributed by atoms with Gasteiger partial charge in [0.05, 0.1) is 5.52 Å². The molecule has 0 radical (unpaired) electrons. The number of hydrogen-bond acceptors (Lipinski definition) is 0. The highest BCUT2D eigenvalue weighted by Crippen LogP contribution is 2.35. The Morgan fingerprint density at radius 1 is 0.947 bits per heavy atom. The average molecular weight is 261 g/mol. The summed E-state index contributed by atoms with van der Waals surface area (Å²) in [7, 11) is 1.99. The third-order valence-electron chi connectivity index (χ3n) is 3.72. The summed E-state index contributed by atoms with van der Waals surface area (Å²) in [5.41, 5.74) is 3.00. The van der Waals surface area contributed by atoms with Gasteiger partial charge < -0.3 is 4.57 Å². The summed E-state index contributed by atoms with van der Waals surface area (Å²) in [6.45, 7) is 12.7. The topological polar surface area (TPSA) is 4.93 Å². The Balaban J connectivity index is 2.83. The Bertz CT molecular complexity index is 621. The fourth-order valence-electron chi connectivity index (χ4n) is 2.47. The van der Waals surface area contributed by atoms with Crippen LogP contribution in [0, 0.1) is 5.82 Å². The summed E-state index contributed by atoms with van der Waals surface area (Å²) in [6, 6.07) is 3.81. The van der Waals surface area contributed by atoms with E-state index in [1.807, 2.05) is 11.6 Å². The summed E-state index contributed by atoms with van der Waals surface area (Å²) < 4.78 is 16.6. The smallest absolute Gasteiger partial charge is 0.133 e. The predicted molar refractivity (Wildman–Crippen MR) is 80.3 cm³/mol. The monoisotopic (exact) mass is 261 g/mol. The average Bonchev–Trinajstić information content (AvgIpc) is 2.55. The second-order valence-electron chi connectivity index (χ2n) is 7.51. The van der Waals surface area contributed by atoms with Gasteiger partial charge in [0.1, 0.15) is 5.82 Å². The number of hydrogen-bond donors (Lipinski definition) is 0. The molecule has 104 valence electrons. The van der Waals surface area contributed by atoms with Crippen molar-refractivity contribution in [2.75, 3.05) is 0 Å². The van der Waals surface area contributed by atoms with E-state index in [0.29, 0.717) is 0 Å². The van der Waals surface area contributed by atoms with Gasteiger partial charge in [0, 0.05) is 18.6 Å². The molecule has 0 saturated heterocycles. The molecule has 1 aromatic carbocycles. The van der Waals surface area contributed by atoms with Crippen molar-refractivity contribution < 1.29 is 4.39 Å². The summed E-state index contributed by atoms with van der Waals surface area (Å²) >= 11 is 0. The van der Waals surface area contributed by atoms with Crippen molar-refractivity contribution >= 4 is 10.9 Å². The Kier molecular flexibility index (Phi) is 3.04. The molecule has 0 bridgehead atoms. The number of benzene rings is 1. The number of aryl methyl sites for hydroxylation is 1. The standard InChI is InChI=1S/C17H24FN/c1-16(2,3)11-8-13(18)15-12(17(4,5)6)10-19(7)14(15)9-11/h8-10H,1-7H3. The molecule has 0 fully saturated rings. The van der Waals surface area contributed by atoms with Gasteiger partial charge in [0.15, 0.2) is 0 Å². The molecular formula is C17H24FN. The van der Waals surface area contributed by atoms with E-state index in [9.17, 15) is 4.39 Å². The number of aromatic nitrogens is 1. The van der Waals surface area contributed by atoms with Gasteiger partial charge in [0.25, 0.3) is 0 Å². The van der Waals surface area contributed by atoms with E-state index in [2.05, 4.69) is 53.8 Å². The van der Waals surface area contributed by atoms with Crippen molar-refractivity contribution in [3.05, 3.63) is 35.3 Å². The molecule has 2 rings (SSSR count). The molecule has 0 aliphatic rings. The number of fused-ring (bicyclic) bond motifs is 1. The van der Waals surface area contributed by atoms with Crippen molar-refractivity contribution in [1.82, 2.24) is 4.57 Å². The van der Waals surface area contributed by atoms with Gasteiger partial charge in [-0.3, -0.25) is 0 Å². The second kappa shape index (κ2) is 4.09. The second-order valence-corrected chi connectivity index (χ2v) is 7.51. The van der Waals surface area contributed by atoms with E-state index >= 15 is 0 Å². The van der Waals surface area contributed by atoms with Crippen LogP contribution in [-0.2, 0) is 17.9 Å². The number of rotatable bonds is 0. The third kappa shape index (κ3) is 2.41. The fourth-order valence-corrected chi connectivity index (χ4v) is 2.47. The van der Waals surface area contributed by atoms with Crippen LogP contribution in [0.15, 0.2) is 18.3 Å². The van der Waals surface area contributed by atoms with Crippen LogP contribution in [0.1, 0.15) is 52.7 Å². The molecule has 0 amide bonds. The van der Waals surface area contributed by atoms with E-state index in [-0.39, 0.29) is 16.6 Å². The van der Waals surface area contributed by atoms with Crippen molar-refractivity contribution in [2.24, 2.45) is 7.05 Å². The maximum absolute atomic E-state index is 14.6. The van der Waals surface area contributed by atoms with Gasteiger partial charge in [0.2, 0.25) is 0 Å². The lowest BCUT2D eigenvalue weighted by Crippen LogP contribution is -2.13. The normalized spacial score (nSPS) is 13.3. The van der Waals surface area contributed by atoms with Crippen LogP contribution in [0.4, 0.5) is 4.39 Å². The zero-order valence-electron chi connectivity index (χ0n) is 13.1. The number of halogens is 1. The van der Waals surface area contributed by atoms with E-state index in [1.54, 1.807) is 6.07 Å². The van der Waals surface area contributed by atoms with Crippen LogP contribution in [0.3, 0.4) is 0 Å². The van der Waals surface area contributed by atoms with Crippen LogP contribution in [0.2, 0.25) is 0 Å². The lowest BCUT2D eigenvalue weighted by Gasteiger charge is -2.21. The Morgan fingerprint density at radius 2 is 1.53 bits per heavy atom. The lowest BCUT2D eigenvalue weighted by molar-refractivity contribution is 0.571. The van der Waals surface area contributed by atoms with Gasteiger partial charge in [-0.1, -0.05) is 41.5 Å². The van der Waals surface area contributed by atoms with Crippen LogP contribution in [0.5, 0.6) is 0 Å². The van der Waals surface area contributed by atoms with Crippen LogP contribution in [-0.4, -0.2) is 4.57 Å². The quantitative estimate of drug-likeness (QED) is 0.635. The maximum atomic E-state index is 14.6. The largest absolute Gasteiger partial charge is 0.350 e. The lowest BCUT2D eigenvalue weighted by atomic mass is 9.84. The first-order chi connectivity index (χ1) is 8.51.